The number of nitrogens with one attached hydrogen (secondary N) is 2. The maximum absolute atomic E-state index is 11.7. The molecule has 0 spiro atoms. The van der Waals surface area contributed by atoms with Gasteiger partial charge in [0.1, 0.15) is 0 Å². The lowest BCUT2D eigenvalue weighted by atomic mass is 10.00. The third-order valence-corrected chi connectivity index (χ3v) is 3.24. The highest BCUT2D eigenvalue weighted by Gasteiger charge is 2.21. The van der Waals surface area contributed by atoms with Crippen molar-refractivity contribution in [2.24, 2.45) is 5.92 Å². The van der Waals surface area contributed by atoms with Gasteiger partial charge in [0.05, 0.1) is 0 Å². The summed E-state index contributed by atoms with van der Waals surface area (Å²) in [7, 11) is 1.65. The first kappa shape index (κ1) is 14.0. The molecule has 1 aliphatic heterocycles. The SMILES string of the molecule is CC(C)N(C)C(=O)C(=O)NCC1CCCNC1. The van der Waals surface area contributed by atoms with Gasteiger partial charge in [0, 0.05) is 19.6 Å². The third kappa shape index (κ3) is 4.34. The Labute approximate surface area is 103 Å². The van der Waals surface area contributed by atoms with E-state index in [9.17, 15) is 9.59 Å². The first-order valence-corrected chi connectivity index (χ1v) is 6.28. The number of hydrogen-bond donors (Lipinski definition) is 2. The van der Waals surface area contributed by atoms with E-state index in [1.165, 1.54) is 4.90 Å². The van der Waals surface area contributed by atoms with Crippen molar-refractivity contribution in [3.63, 3.8) is 0 Å². The fourth-order valence-corrected chi connectivity index (χ4v) is 1.81. The van der Waals surface area contributed by atoms with E-state index in [4.69, 9.17) is 0 Å². The topological polar surface area (TPSA) is 61.4 Å². The Hall–Kier alpha value is -1.10. The summed E-state index contributed by atoms with van der Waals surface area (Å²) in [6, 6.07) is 0.0459. The maximum Gasteiger partial charge on any atom is 0.311 e. The van der Waals surface area contributed by atoms with Crippen molar-refractivity contribution in [2.45, 2.75) is 32.7 Å². The van der Waals surface area contributed by atoms with Gasteiger partial charge >= 0.3 is 11.8 Å². The third-order valence-electron chi connectivity index (χ3n) is 3.24. The van der Waals surface area contributed by atoms with Crippen molar-refractivity contribution in [2.75, 3.05) is 26.7 Å². The second-order valence-corrected chi connectivity index (χ2v) is 4.93. The molecule has 5 nitrogen and oxygen atoms in total. The molecule has 0 radical (unpaired) electrons. The highest BCUT2D eigenvalue weighted by atomic mass is 16.2. The molecule has 0 bridgehead atoms. The molecule has 0 aromatic rings. The largest absolute Gasteiger partial charge is 0.348 e. The standard InChI is InChI=1S/C12H23N3O2/c1-9(2)15(3)12(17)11(16)14-8-10-5-4-6-13-7-10/h9-10,13H,4-8H2,1-3H3,(H,14,16). The number of carbonyl (C=O) groups excluding carboxylic acids is 2. The summed E-state index contributed by atoms with van der Waals surface area (Å²) in [5.74, 6) is -0.500. The van der Waals surface area contributed by atoms with Crippen LogP contribution in [0.25, 0.3) is 0 Å². The van der Waals surface area contributed by atoms with Crippen LogP contribution in [0, 0.1) is 5.92 Å². The molecule has 0 aliphatic carbocycles. The van der Waals surface area contributed by atoms with Crippen molar-refractivity contribution in [3.8, 4) is 0 Å². The zero-order valence-corrected chi connectivity index (χ0v) is 11.0. The first-order chi connectivity index (χ1) is 8.02. The summed E-state index contributed by atoms with van der Waals surface area (Å²) in [5.41, 5.74) is 0. The van der Waals surface area contributed by atoms with Crippen LogP contribution in [0.4, 0.5) is 0 Å². The second kappa shape index (κ2) is 6.59. The van der Waals surface area contributed by atoms with E-state index in [1.54, 1.807) is 7.05 Å². The number of piperidine rings is 1. The van der Waals surface area contributed by atoms with Gasteiger partial charge in [-0.25, -0.2) is 0 Å². The Morgan fingerprint density at radius 1 is 1.47 bits per heavy atom. The first-order valence-electron chi connectivity index (χ1n) is 6.28. The summed E-state index contributed by atoms with van der Waals surface area (Å²) in [4.78, 5) is 24.7. The molecule has 0 saturated carbocycles. The van der Waals surface area contributed by atoms with E-state index in [0.717, 1.165) is 25.9 Å². The quantitative estimate of drug-likeness (QED) is 0.682. The second-order valence-electron chi connectivity index (χ2n) is 4.93. The molecule has 1 heterocycles. The van der Waals surface area contributed by atoms with Gasteiger partial charge in [-0.1, -0.05) is 0 Å². The zero-order valence-electron chi connectivity index (χ0n) is 11.0. The van der Waals surface area contributed by atoms with E-state index < -0.39 is 11.8 Å². The molecule has 1 aliphatic rings. The highest BCUT2D eigenvalue weighted by Crippen LogP contribution is 2.08. The Morgan fingerprint density at radius 3 is 2.71 bits per heavy atom. The summed E-state index contributed by atoms with van der Waals surface area (Å²) in [6.07, 6.45) is 2.25. The molecule has 17 heavy (non-hydrogen) atoms. The van der Waals surface area contributed by atoms with Crippen LogP contribution < -0.4 is 10.6 Å². The van der Waals surface area contributed by atoms with Crippen molar-refractivity contribution >= 4 is 11.8 Å². The number of carbonyl (C=O) groups is 2. The fourth-order valence-electron chi connectivity index (χ4n) is 1.81. The lowest BCUT2D eigenvalue weighted by Crippen LogP contribution is -2.46. The normalized spacial score (nSPS) is 20.1. The molecule has 98 valence electrons. The molecule has 0 aromatic carbocycles. The molecule has 2 amide bonds. The van der Waals surface area contributed by atoms with Crippen LogP contribution in [0.3, 0.4) is 0 Å². The lowest BCUT2D eigenvalue weighted by Gasteiger charge is -2.24. The number of amides is 2. The van der Waals surface area contributed by atoms with E-state index >= 15 is 0 Å². The number of nitrogens with zero attached hydrogens (tertiary/aromatic N) is 1. The smallest absolute Gasteiger partial charge is 0.311 e. The van der Waals surface area contributed by atoms with Gasteiger partial charge in [-0.15, -0.1) is 0 Å². The van der Waals surface area contributed by atoms with Gasteiger partial charge < -0.3 is 15.5 Å². The molecule has 0 aromatic heterocycles. The van der Waals surface area contributed by atoms with Crippen LogP contribution in [0.2, 0.25) is 0 Å². The summed E-state index contributed by atoms with van der Waals surface area (Å²) >= 11 is 0. The summed E-state index contributed by atoms with van der Waals surface area (Å²) in [6.45, 7) is 6.34. The van der Waals surface area contributed by atoms with Gasteiger partial charge in [-0.05, 0) is 45.7 Å². The number of likely N-dealkylation sites (N-methyl/N-ethyl adjacent to an activating group) is 1. The van der Waals surface area contributed by atoms with Crippen LogP contribution >= 0.6 is 0 Å². The highest BCUT2D eigenvalue weighted by molar-refractivity contribution is 6.34. The van der Waals surface area contributed by atoms with Gasteiger partial charge in [0.25, 0.3) is 0 Å². The number of rotatable bonds is 3. The van der Waals surface area contributed by atoms with Crippen LogP contribution in [0.15, 0.2) is 0 Å². The van der Waals surface area contributed by atoms with Crippen molar-refractivity contribution in [1.29, 1.82) is 0 Å². The van der Waals surface area contributed by atoms with Crippen LogP contribution in [-0.2, 0) is 9.59 Å². The van der Waals surface area contributed by atoms with Crippen LogP contribution in [0.1, 0.15) is 26.7 Å². The minimum Gasteiger partial charge on any atom is -0.348 e. The monoisotopic (exact) mass is 241 g/mol. The molecule has 1 rings (SSSR count). The Kier molecular flexibility index (Phi) is 5.41. The summed E-state index contributed by atoms with van der Waals surface area (Å²) < 4.78 is 0. The van der Waals surface area contributed by atoms with Crippen molar-refractivity contribution < 1.29 is 9.59 Å². The molecule has 1 atom stereocenters. The van der Waals surface area contributed by atoms with Crippen molar-refractivity contribution in [3.05, 3.63) is 0 Å². The maximum atomic E-state index is 11.7. The van der Waals surface area contributed by atoms with E-state index in [1.807, 2.05) is 13.8 Å². The van der Waals surface area contributed by atoms with Gasteiger partial charge in [0.2, 0.25) is 0 Å². The Morgan fingerprint density at radius 2 is 2.18 bits per heavy atom. The molecule has 1 saturated heterocycles. The lowest BCUT2D eigenvalue weighted by molar-refractivity contribution is -0.146. The van der Waals surface area contributed by atoms with E-state index in [0.29, 0.717) is 12.5 Å². The molecule has 2 N–H and O–H groups in total. The molecule has 1 unspecified atom stereocenters. The Bertz CT molecular complexity index is 273. The molecular weight excluding hydrogens is 218 g/mol. The molecule has 5 heteroatoms. The number of hydrogen-bond acceptors (Lipinski definition) is 3. The van der Waals surface area contributed by atoms with Gasteiger partial charge in [0.15, 0.2) is 0 Å². The minimum absolute atomic E-state index is 0.0459. The van der Waals surface area contributed by atoms with Crippen molar-refractivity contribution in [1.82, 2.24) is 15.5 Å². The predicted octanol–water partition coefficient (Wildman–Crippen LogP) is -0.0310. The van der Waals surface area contributed by atoms with Crippen LogP contribution in [0.5, 0.6) is 0 Å². The fraction of sp³-hybridized carbons (Fsp3) is 0.833. The van der Waals surface area contributed by atoms with Gasteiger partial charge in [-0.3, -0.25) is 9.59 Å². The Balaban J connectivity index is 2.30. The predicted molar refractivity (Wildman–Crippen MR) is 66.5 cm³/mol. The summed E-state index contributed by atoms with van der Waals surface area (Å²) in [5, 5.41) is 6.00. The zero-order chi connectivity index (χ0) is 12.8. The van der Waals surface area contributed by atoms with E-state index in [2.05, 4.69) is 10.6 Å². The van der Waals surface area contributed by atoms with Gasteiger partial charge in [-0.2, -0.15) is 0 Å². The minimum atomic E-state index is -0.494. The average molecular weight is 241 g/mol. The molecular formula is C12H23N3O2. The van der Waals surface area contributed by atoms with Crippen LogP contribution in [-0.4, -0.2) is 49.4 Å². The average Bonchev–Trinajstić information content (AvgIpc) is 2.35. The van der Waals surface area contributed by atoms with E-state index in [-0.39, 0.29) is 6.04 Å². The molecule has 1 fully saturated rings.